The van der Waals surface area contributed by atoms with Crippen molar-refractivity contribution >= 4 is 42.0 Å². The molecule has 0 saturated carbocycles. The highest BCUT2D eigenvalue weighted by molar-refractivity contribution is 14.0. The summed E-state index contributed by atoms with van der Waals surface area (Å²) < 4.78 is 10.3. The topological polar surface area (TPSA) is 92.3 Å². The Bertz CT molecular complexity index is 472. The van der Waals surface area contributed by atoms with E-state index >= 15 is 0 Å². The number of likely N-dealkylation sites (tertiary alicyclic amines) is 1. The van der Waals surface area contributed by atoms with Gasteiger partial charge in [-0.2, -0.15) is 0 Å². The molecule has 1 saturated heterocycles. The minimum absolute atomic E-state index is 0. The molecule has 0 aromatic rings. The van der Waals surface area contributed by atoms with E-state index in [1.165, 1.54) is 0 Å². The number of ether oxygens (including phenoxy) is 2. The number of aliphatic imine (C=N–C) groups is 1. The van der Waals surface area contributed by atoms with Crippen LogP contribution in [0.3, 0.4) is 0 Å². The number of hydrogen-bond acceptors (Lipinski definition) is 5. The molecule has 0 aromatic heterocycles. The van der Waals surface area contributed by atoms with E-state index in [0.717, 1.165) is 12.8 Å². The van der Waals surface area contributed by atoms with Gasteiger partial charge in [0.15, 0.2) is 5.96 Å². The average molecular weight is 484 g/mol. The number of nitrogens with zero attached hydrogens (tertiary/aromatic N) is 2. The van der Waals surface area contributed by atoms with Gasteiger partial charge in [-0.15, -0.1) is 24.0 Å². The van der Waals surface area contributed by atoms with Crippen molar-refractivity contribution in [2.45, 2.75) is 59.1 Å². The summed E-state index contributed by atoms with van der Waals surface area (Å²) in [6, 6.07) is 0.196. The quantitative estimate of drug-likeness (QED) is 0.269. The third kappa shape index (κ3) is 10.0. The van der Waals surface area contributed by atoms with Crippen LogP contribution in [0.1, 0.15) is 47.5 Å². The number of hydrogen-bond donors (Lipinski definition) is 2. The molecule has 1 amide bonds. The van der Waals surface area contributed by atoms with Crippen LogP contribution in [-0.2, 0) is 14.3 Å². The first-order valence-corrected chi connectivity index (χ1v) is 8.93. The molecule has 152 valence electrons. The van der Waals surface area contributed by atoms with Gasteiger partial charge >= 0.3 is 12.1 Å². The SMILES string of the molecule is CCNC(=NCC(=O)OC(C)(C)C)NC1CCN(C(=O)OCC)CC1.I. The Balaban J connectivity index is 0.00000625. The van der Waals surface area contributed by atoms with Crippen LogP contribution in [-0.4, -0.2) is 67.4 Å². The summed E-state index contributed by atoms with van der Waals surface area (Å²) in [7, 11) is 0. The number of amides is 1. The number of esters is 1. The first-order chi connectivity index (χ1) is 11.7. The summed E-state index contributed by atoms with van der Waals surface area (Å²) in [6.07, 6.45) is 1.34. The van der Waals surface area contributed by atoms with E-state index in [9.17, 15) is 9.59 Å². The standard InChI is InChI=1S/C17H32N4O4.HI/c1-6-18-15(19-12-14(22)25-17(3,4)5)20-13-8-10-21(11-9-13)16(23)24-7-2;/h13H,6-12H2,1-5H3,(H2,18,19,20);1H. The molecule has 0 bridgehead atoms. The fourth-order valence-electron chi connectivity index (χ4n) is 2.45. The first-order valence-electron chi connectivity index (χ1n) is 8.93. The predicted octanol–water partition coefficient (Wildman–Crippen LogP) is 2.12. The van der Waals surface area contributed by atoms with Crippen LogP contribution >= 0.6 is 24.0 Å². The number of carbonyl (C=O) groups excluding carboxylic acids is 2. The highest BCUT2D eigenvalue weighted by atomic mass is 127. The fourth-order valence-corrected chi connectivity index (χ4v) is 2.45. The third-order valence-electron chi connectivity index (χ3n) is 3.49. The first kappa shape index (κ1) is 24.7. The Morgan fingerprint density at radius 3 is 2.31 bits per heavy atom. The molecule has 9 heteroatoms. The largest absolute Gasteiger partial charge is 0.459 e. The normalized spacial score (nSPS) is 15.7. The van der Waals surface area contributed by atoms with Crippen LogP contribution in [0, 0.1) is 0 Å². The van der Waals surface area contributed by atoms with Gasteiger partial charge < -0.3 is 25.0 Å². The molecule has 1 aliphatic heterocycles. The molecule has 0 unspecified atom stereocenters. The lowest BCUT2D eigenvalue weighted by Crippen LogP contribution is -2.50. The van der Waals surface area contributed by atoms with Crippen molar-refractivity contribution in [3.8, 4) is 0 Å². The van der Waals surface area contributed by atoms with E-state index in [1.54, 1.807) is 11.8 Å². The molecule has 1 aliphatic rings. The van der Waals surface area contributed by atoms with E-state index in [0.29, 0.717) is 32.2 Å². The number of nitrogens with one attached hydrogen (secondary N) is 2. The van der Waals surface area contributed by atoms with Crippen molar-refractivity contribution in [2.75, 3.05) is 32.8 Å². The molecule has 2 N–H and O–H groups in total. The smallest absolute Gasteiger partial charge is 0.409 e. The van der Waals surface area contributed by atoms with Crippen LogP contribution in [0.15, 0.2) is 4.99 Å². The van der Waals surface area contributed by atoms with Crippen molar-refractivity contribution in [1.82, 2.24) is 15.5 Å². The molecule has 26 heavy (non-hydrogen) atoms. The van der Waals surface area contributed by atoms with E-state index in [2.05, 4.69) is 15.6 Å². The van der Waals surface area contributed by atoms with Crippen molar-refractivity contribution in [3.63, 3.8) is 0 Å². The summed E-state index contributed by atoms with van der Waals surface area (Å²) in [5.41, 5.74) is -0.516. The second-order valence-electron chi connectivity index (χ2n) is 6.89. The second kappa shape index (κ2) is 12.2. The minimum atomic E-state index is -0.516. The number of rotatable bonds is 5. The van der Waals surface area contributed by atoms with Gasteiger partial charge in [0.05, 0.1) is 6.61 Å². The number of piperidine rings is 1. The Labute approximate surface area is 173 Å². The molecule has 8 nitrogen and oxygen atoms in total. The molecule has 1 rings (SSSR count). The van der Waals surface area contributed by atoms with Gasteiger partial charge in [0.2, 0.25) is 0 Å². The molecule has 0 atom stereocenters. The Hall–Kier alpha value is -1.26. The van der Waals surface area contributed by atoms with Gasteiger partial charge in [0.25, 0.3) is 0 Å². The third-order valence-corrected chi connectivity index (χ3v) is 3.49. The molecule has 1 heterocycles. The highest BCUT2D eigenvalue weighted by Gasteiger charge is 2.24. The highest BCUT2D eigenvalue weighted by Crippen LogP contribution is 2.11. The van der Waals surface area contributed by atoms with Gasteiger partial charge in [-0.3, -0.25) is 4.79 Å². The number of guanidine groups is 1. The van der Waals surface area contributed by atoms with Gasteiger partial charge in [0, 0.05) is 25.7 Å². The van der Waals surface area contributed by atoms with Crippen LogP contribution in [0.2, 0.25) is 0 Å². The molecular weight excluding hydrogens is 451 g/mol. The molecule has 0 aromatic carbocycles. The molecule has 0 aliphatic carbocycles. The van der Waals surface area contributed by atoms with Gasteiger partial charge in [-0.1, -0.05) is 0 Å². The van der Waals surface area contributed by atoms with Crippen molar-refractivity contribution in [1.29, 1.82) is 0 Å². The predicted molar refractivity (Wildman–Crippen MR) is 112 cm³/mol. The summed E-state index contributed by atoms with van der Waals surface area (Å²) in [5, 5.41) is 6.45. The lowest BCUT2D eigenvalue weighted by Gasteiger charge is -2.32. The zero-order valence-electron chi connectivity index (χ0n) is 16.5. The van der Waals surface area contributed by atoms with Gasteiger partial charge in [-0.25, -0.2) is 9.79 Å². The molecule has 0 spiro atoms. The molecule has 1 fully saturated rings. The van der Waals surface area contributed by atoms with Crippen molar-refractivity contribution in [2.24, 2.45) is 4.99 Å². The lowest BCUT2D eigenvalue weighted by molar-refractivity contribution is -0.152. The Kier molecular flexibility index (Phi) is 11.6. The van der Waals surface area contributed by atoms with Crippen LogP contribution in [0.4, 0.5) is 4.79 Å². The van der Waals surface area contributed by atoms with Gasteiger partial charge in [-0.05, 0) is 47.5 Å². The van der Waals surface area contributed by atoms with E-state index in [4.69, 9.17) is 9.47 Å². The van der Waals surface area contributed by atoms with E-state index < -0.39 is 5.60 Å². The zero-order valence-corrected chi connectivity index (χ0v) is 18.8. The monoisotopic (exact) mass is 484 g/mol. The summed E-state index contributed by atoms with van der Waals surface area (Å²) in [5.74, 6) is 0.227. The molecule has 0 radical (unpaired) electrons. The average Bonchev–Trinajstić information content (AvgIpc) is 2.52. The molecular formula is C17H33IN4O4. The number of carbonyl (C=O) groups is 2. The summed E-state index contributed by atoms with van der Waals surface area (Å²) in [4.78, 5) is 29.5. The fraction of sp³-hybridized carbons (Fsp3) is 0.824. The lowest BCUT2D eigenvalue weighted by atomic mass is 10.1. The maximum absolute atomic E-state index is 11.8. The van der Waals surface area contributed by atoms with E-state index in [1.807, 2.05) is 27.7 Å². The number of halogens is 1. The second-order valence-corrected chi connectivity index (χ2v) is 6.89. The van der Waals surface area contributed by atoms with Crippen molar-refractivity contribution < 1.29 is 19.1 Å². The van der Waals surface area contributed by atoms with E-state index in [-0.39, 0.29) is 48.6 Å². The van der Waals surface area contributed by atoms with Crippen molar-refractivity contribution in [3.05, 3.63) is 0 Å². The maximum atomic E-state index is 11.8. The summed E-state index contributed by atoms with van der Waals surface area (Å²) in [6.45, 7) is 11.6. The van der Waals surface area contributed by atoms with Crippen LogP contribution < -0.4 is 10.6 Å². The maximum Gasteiger partial charge on any atom is 0.409 e. The summed E-state index contributed by atoms with van der Waals surface area (Å²) >= 11 is 0. The Morgan fingerprint density at radius 2 is 1.81 bits per heavy atom. The van der Waals surface area contributed by atoms with Crippen LogP contribution in [0.5, 0.6) is 0 Å². The van der Waals surface area contributed by atoms with Crippen LogP contribution in [0.25, 0.3) is 0 Å². The zero-order chi connectivity index (χ0) is 18.9. The minimum Gasteiger partial charge on any atom is -0.459 e. The van der Waals surface area contributed by atoms with Gasteiger partial charge in [0.1, 0.15) is 12.1 Å². The Morgan fingerprint density at radius 1 is 1.19 bits per heavy atom.